The number of aromatic nitrogens is 3. The van der Waals surface area contributed by atoms with Gasteiger partial charge in [0.2, 0.25) is 0 Å². The number of likely N-dealkylation sites (tertiary alicyclic amines) is 1. The van der Waals surface area contributed by atoms with Gasteiger partial charge in [-0.3, -0.25) is 14.5 Å². The molecule has 2 aliphatic heterocycles. The maximum Gasteiger partial charge on any atom is 0.257 e. The van der Waals surface area contributed by atoms with Crippen molar-refractivity contribution < 1.29 is 14.3 Å². The molecule has 0 bridgehead atoms. The monoisotopic (exact) mass is 342 g/mol. The van der Waals surface area contributed by atoms with Crippen LogP contribution in [0.3, 0.4) is 0 Å². The Hall–Kier alpha value is -2.25. The van der Waals surface area contributed by atoms with Gasteiger partial charge in [-0.2, -0.15) is 5.10 Å². The standard InChI is InChI=1S/C18H22N4O3/c1-21-10-15(9-20-21)17(23)22-6-4-18(13-22)7-16(12-25-18)24-11-14-3-2-5-19-8-14/h2-3,5,8-10,16H,4,6-7,11-13H2,1H3/t16-,18+/m1/s1. The summed E-state index contributed by atoms with van der Waals surface area (Å²) in [6, 6.07) is 3.91. The Bertz CT molecular complexity index is 748. The molecule has 0 aliphatic carbocycles. The van der Waals surface area contributed by atoms with Crippen LogP contribution in [0, 0.1) is 0 Å². The van der Waals surface area contributed by atoms with Gasteiger partial charge in [0.1, 0.15) is 0 Å². The number of nitrogens with zero attached hydrogens (tertiary/aromatic N) is 4. The molecule has 0 unspecified atom stereocenters. The van der Waals surface area contributed by atoms with E-state index in [4.69, 9.17) is 9.47 Å². The predicted molar refractivity (Wildman–Crippen MR) is 89.8 cm³/mol. The fourth-order valence-electron chi connectivity index (χ4n) is 3.62. The molecule has 1 spiro atoms. The zero-order valence-electron chi connectivity index (χ0n) is 14.3. The molecule has 4 heterocycles. The Balaban J connectivity index is 1.32. The molecule has 7 nitrogen and oxygen atoms in total. The van der Waals surface area contributed by atoms with Crippen LogP contribution in [0.2, 0.25) is 0 Å². The van der Waals surface area contributed by atoms with E-state index in [0.29, 0.717) is 31.9 Å². The van der Waals surface area contributed by atoms with Crippen molar-refractivity contribution >= 4 is 5.91 Å². The van der Waals surface area contributed by atoms with Gasteiger partial charge in [0.15, 0.2) is 0 Å². The van der Waals surface area contributed by atoms with Crippen LogP contribution in [0.5, 0.6) is 0 Å². The van der Waals surface area contributed by atoms with Crippen molar-refractivity contribution in [2.24, 2.45) is 7.05 Å². The Labute approximate surface area is 146 Å². The lowest BCUT2D eigenvalue weighted by Crippen LogP contribution is -2.36. The number of hydrogen-bond donors (Lipinski definition) is 0. The van der Waals surface area contributed by atoms with E-state index in [1.54, 1.807) is 23.3 Å². The third kappa shape index (κ3) is 3.43. The first-order valence-electron chi connectivity index (χ1n) is 8.56. The summed E-state index contributed by atoms with van der Waals surface area (Å²) in [5.41, 5.74) is 1.42. The van der Waals surface area contributed by atoms with Gasteiger partial charge in [-0.25, -0.2) is 0 Å². The molecule has 2 aliphatic rings. The summed E-state index contributed by atoms with van der Waals surface area (Å²) in [5.74, 6) is 0.0216. The molecule has 1 amide bonds. The van der Waals surface area contributed by atoms with Crippen LogP contribution in [0.25, 0.3) is 0 Å². The van der Waals surface area contributed by atoms with E-state index in [1.165, 1.54) is 0 Å². The number of ether oxygens (including phenoxy) is 2. The number of amides is 1. The van der Waals surface area contributed by atoms with Crippen LogP contribution in [-0.4, -0.2) is 57.0 Å². The Morgan fingerprint density at radius 2 is 2.40 bits per heavy atom. The molecule has 2 aromatic rings. The van der Waals surface area contributed by atoms with Gasteiger partial charge in [-0.05, 0) is 18.1 Å². The van der Waals surface area contributed by atoms with Crippen LogP contribution >= 0.6 is 0 Å². The lowest BCUT2D eigenvalue weighted by molar-refractivity contribution is 0.000249. The second-order valence-corrected chi connectivity index (χ2v) is 6.87. The highest BCUT2D eigenvalue weighted by Crippen LogP contribution is 2.36. The van der Waals surface area contributed by atoms with Crippen molar-refractivity contribution in [1.29, 1.82) is 0 Å². The lowest BCUT2D eigenvalue weighted by Gasteiger charge is -2.23. The molecule has 0 N–H and O–H groups in total. The first kappa shape index (κ1) is 16.2. The van der Waals surface area contributed by atoms with Crippen molar-refractivity contribution in [3.05, 3.63) is 48.0 Å². The van der Waals surface area contributed by atoms with E-state index < -0.39 is 0 Å². The third-order valence-corrected chi connectivity index (χ3v) is 4.94. The molecule has 0 saturated carbocycles. The SMILES string of the molecule is Cn1cc(C(=O)N2CC[C@]3(C[C@@H](OCc4cccnc4)CO3)C2)cn1. The van der Waals surface area contributed by atoms with Gasteiger partial charge >= 0.3 is 0 Å². The molecular formula is C18H22N4O3. The van der Waals surface area contributed by atoms with Crippen LogP contribution in [-0.2, 0) is 23.1 Å². The van der Waals surface area contributed by atoms with Crippen LogP contribution < -0.4 is 0 Å². The van der Waals surface area contributed by atoms with Gasteiger partial charge in [0.05, 0.1) is 43.2 Å². The average Bonchev–Trinajstić information content (AvgIpc) is 3.35. The zero-order valence-corrected chi connectivity index (χ0v) is 14.3. The first-order chi connectivity index (χ1) is 12.1. The van der Waals surface area contributed by atoms with E-state index in [9.17, 15) is 4.79 Å². The Morgan fingerprint density at radius 1 is 1.48 bits per heavy atom. The van der Waals surface area contributed by atoms with E-state index in [2.05, 4.69) is 10.1 Å². The minimum Gasteiger partial charge on any atom is -0.371 e. The van der Waals surface area contributed by atoms with Crippen LogP contribution in [0.15, 0.2) is 36.9 Å². The molecule has 0 radical (unpaired) electrons. The van der Waals surface area contributed by atoms with E-state index in [0.717, 1.165) is 18.4 Å². The van der Waals surface area contributed by atoms with Crippen molar-refractivity contribution in [2.45, 2.75) is 31.2 Å². The van der Waals surface area contributed by atoms with Crippen molar-refractivity contribution in [1.82, 2.24) is 19.7 Å². The summed E-state index contributed by atoms with van der Waals surface area (Å²) in [6.07, 6.45) is 8.67. The van der Waals surface area contributed by atoms with Gasteiger partial charge in [0, 0.05) is 38.6 Å². The highest BCUT2D eigenvalue weighted by Gasteiger charge is 2.47. The second kappa shape index (κ2) is 6.57. The lowest BCUT2D eigenvalue weighted by atomic mass is 9.98. The van der Waals surface area contributed by atoms with Crippen molar-refractivity contribution in [3.8, 4) is 0 Å². The summed E-state index contributed by atoms with van der Waals surface area (Å²) < 4.78 is 13.7. The second-order valence-electron chi connectivity index (χ2n) is 6.87. The number of carbonyl (C=O) groups is 1. The third-order valence-electron chi connectivity index (χ3n) is 4.94. The first-order valence-corrected chi connectivity index (χ1v) is 8.56. The predicted octanol–water partition coefficient (Wildman–Crippen LogP) is 1.41. The minimum absolute atomic E-state index is 0.0216. The fourth-order valence-corrected chi connectivity index (χ4v) is 3.62. The number of aryl methyl sites for hydroxylation is 1. The highest BCUT2D eigenvalue weighted by atomic mass is 16.6. The maximum atomic E-state index is 12.6. The fraction of sp³-hybridized carbons (Fsp3) is 0.500. The number of carbonyl (C=O) groups excluding carboxylic acids is 1. The normalized spacial score (nSPS) is 25.8. The van der Waals surface area contributed by atoms with Gasteiger partial charge in [-0.1, -0.05) is 6.07 Å². The van der Waals surface area contributed by atoms with Gasteiger partial charge in [0.25, 0.3) is 5.91 Å². The van der Waals surface area contributed by atoms with Crippen molar-refractivity contribution in [3.63, 3.8) is 0 Å². The van der Waals surface area contributed by atoms with Crippen LogP contribution in [0.4, 0.5) is 0 Å². The molecule has 2 saturated heterocycles. The minimum atomic E-state index is -0.266. The number of pyridine rings is 1. The summed E-state index contributed by atoms with van der Waals surface area (Å²) in [4.78, 5) is 18.5. The summed E-state index contributed by atoms with van der Waals surface area (Å²) in [5, 5.41) is 4.08. The quantitative estimate of drug-likeness (QED) is 0.840. The van der Waals surface area contributed by atoms with Gasteiger partial charge < -0.3 is 14.4 Å². The van der Waals surface area contributed by atoms with Gasteiger partial charge in [-0.15, -0.1) is 0 Å². The molecule has 2 aromatic heterocycles. The average molecular weight is 342 g/mol. The van der Waals surface area contributed by atoms with E-state index in [-0.39, 0.29) is 17.6 Å². The molecule has 2 atom stereocenters. The molecule has 4 rings (SSSR count). The summed E-state index contributed by atoms with van der Waals surface area (Å²) in [6.45, 7) is 2.45. The van der Waals surface area contributed by atoms with E-state index >= 15 is 0 Å². The topological polar surface area (TPSA) is 69.5 Å². The molecule has 7 heteroatoms. The molecule has 0 aromatic carbocycles. The number of rotatable bonds is 4. The highest BCUT2D eigenvalue weighted by molar-refractivity contribution is 5.94. The summed E-state index contributed by atoms with van der Waals surface area (Å²) in [7, 11) is 1.81. The number of hydrogen-bond acceptors (Lipinski definition) is 5. The van der Waals surface area contributed by atoms with Crippen LogP contribution in [0.1, 0.15) is 28.8 Å². The molecule has 132 valence electrons. The Kier molecular flexibility index (Phi) is 4.27. The zero-order chi connectivity index (χ0) is 17.3. The molecule has 25 heavy (non-hydrogen) atoms. The smallest absolute Gasteiger partial charge is 0.257 e. The largest absolute Gasteiger partial charge is 0.371 e. The summed E-state index contributed by atoms with van der Waals surface area (Å²) >= 11 is 0. The Morgan fingerprint density at radius 3 is 3.16 bits per heavy atom. The maximum absolute atomic E-state index is 12.6. The van der Waals surface area contributed by atoms with Crippen molar-refractivity contribution in [2.75, 3.05) is 19.7 Å². The van der Waals surface area contributed by atoms with E-state index in [1.807, 2.05) is 30.3 Å². The molecular weight excluding hydrogens is 320 g/mol. The molecule has 2 fully saturated rings.